The normalized spacial score (nSPS) is 27.8. The smallest absolute Gasteiger partial charge is 0.258 e. The Balaban J connectivity index is 1.39. The van der Waals surface area contributed by atoms with Gasteiger partial charge in [-0.15, -0.1) is 23.2 Å². The fourth-order valence-corrected chi connectivity index (χ4v) is 9.15. The maximum atomic E-state index is 15.3. The minimum atomic E-state index is -2.77. The number of anilines is 1. The number of nitrogens with zero attached hydrogens (tertiary/aromatic N) is 2. The average Bonchev–Trinajstić information content (AvgIpc) is 3.47. The minimum absolute atomic E-state index is 0.00713. The van der Waals surface area contributed by atoms with Gasteiger partial charge in [-0.05, 0) is 60.6 Å². The SMILES string of the molecule is COc1cc(C2C3=CCC4C(=O)N(CCc5ccc(O)cc5)C(=O)C4C3CC3(Cl)C(=O)N(c4c(F)c(F)c(F)c(F)c4F)C(=O)C23Cl)cc(OC)c1O. The first kappa shape index (κ1) is 36.5. The second-order valence-electron chi connectivity index (χ2n) is 13.2. The number of imide groups is 2. The molecule has 2 aliphatic heterocycles. The quantitative estimate of drug-likeness (QED) is 0.0790. The van der Waals surface area contributed by atoms with E-state index in [1.807, 2.05) is 0 Å². The number of allylic oxidation sites excluding steroid dienone is 2. The number of fused-ring (bicyclic) bond motifs is 4. The van der Waals surface area contributed by atoms with Crippen LogP contribution in [0, 0.1) is 46.8 Å². The summed E-state index contributed by atoms with van der Waals surface area (Å²) >= 11 is 14.3. The van der Waals surface area contributed by atoms with Gasteiger partial charge in [-0.1, -0.05) is 23.8 Å². The summed E-state index contributed by atoms with van der Waals surface area (Å²) in [5, 5.41) is 20.3. The molecule has 0 bridgehead atoms. The minimum Gasteiger partial charge on any atom is -0.508 e. The molecule has 6 unspecified atom stereocenters. The fraction of sp³-hybridized carbons (Fsp3) is 0.333. The second-order valence-corrected chi connectivity index (χ2v) is 14.5. The largest absolute Gasteiger partial charge is 0.508 e. The molecule has 2 N–H and O–H groups in total. The van der Waals surface area contributed by atoms with Crippen molar-refractivity contribution in [1.29, 1.82) is 0 Å². The van der Waals surface area contributed by atoms with Crippen molar-refractivity contribution in [2.24, 2.45) is 17.8 Å². The van der Waals surface area contributed by atoms with Gasteiger partial charge in [-0.25, -0.2) is 26.9 Å². The van der Waals surface area contributed by atoms with Gasteiger partial charge in [0, 0.05) is 12.5 Å². The molecule has 0 spiro atoms. The maximum Gasteiger partial charge on any atom is 0.258 e. The van der Waals surface area contributed by atoms with Crippen LogP contribution >= 0.6 is 23.2 Å². The van der Waals surface area contributed by atoms with E-state index in [0.717, 1.165) is 4.90 Å². The van der Waals surface area contributed by atoms with Gasteiger partial charge in [-0.2, -0.15) is 0 Å². The van der Waals surface area contributed by atoms with Crippen LogP contribution in [0.1, 0.15) is 29.9 Å². The van der Waals surface area contributed by atoms with Crippen LogP contribution in [-0.4, -0.2) is 69.3 Å². The molecule has 3 aromatic carbocycles. The number of benzene rings is 3. The Labute approximate surface area is 307 Å². The van der Waals surface area contributed by atoms with Crippen molar-refractivity contribution >= 4 is 52.5 Å². The van der Waals surface area contributed by atoms with Gasteiger partial charge in [0.1, 0.15) is 11.4 Å². The molecule has 6 atom stereocenters. The zero-order valence-electron chi connectivity index (χ0n) is 27.6. The molecule has 7 rings (SSSR count). The Morgan fingerprint density at radius 1 is 0.811 bits per heavy atom. The molecule has 4 aliphatic rings. The lowest BCUT2D eigenvalue weighted by Crippen LogP contribution is -2.60. The van der Waals surface area contributed by atoms with E-state index in [-0.39, 0.29) is 52.7 Å². The number of likely N-dealkylation sites (tertiary alicyclic amines) is 1. The van der Waals surface area contributed by atoms with Crippen LogP contribution in [0.15, 0.2) is 48.0 Å². The molecule has 2 saturated heterocycles. The van der Waals surface area contributed by atoms with Crippen molar-refractivity contribution in [2.45, 2.75) is 34.9 Å². The third-order valence-corrected chi connectivity index (χ3v) is 12.1. The number of halogens is 7. The maximum absolute atomic E-state index is 15.3. The third-order valence-electron chi connectivity index (χ3n) is 10.7. The summed E-state index contributed by atoms with van der Waals surface area (Å²) in [5.74, 6) is -22.6. The molecule has 278 valence electrons. The molecule has 10 nitrogen and oxygen atoms in total. The van der Waals surface area contributed by atoms with Crippen LogP contribution in [-0.2, 0) is 25.6 Å². The number of aromatic hydroxyl groups is 2. The van der Waals surface area contributed by atoms with Gasteiger partial charge >= 0.3 is 0 Å². The molecule has 0 aromatic heterocycles. The molecule has 2 aliphatic carbocycles. The first-order valence-corrected chi connectivity index (χ1v) is 16.8. The van der Waals surface area contributed by atoms with E-state index >= 15 is 8.78 Å². The van der Waals surface area contributed by atoms with Crippen molar-refractivity contribution in [3.8, 4) is 23.0 Å². The summed E-state index contributed by atoms with van der Waals surface area (Å²) in [6.45, 7) is -0.0514. The number of phenolic OH excluding ortho intramolecular Hbond substituents is 2. The molecule has 4 amide bonds. The number of methoxy groups -OCH3 is 2. The molecule has 3 fully saturated rings. The number of hydrogen-bond acceptors (Lipinski definition) is 8. The topological polar surface area (TPSA) is 134 Å². The number of hydrogen-bond donors (Lipinski definition) is 2. The van der Waals surface area contributed by atoms with E-state index in [0.29, 0.717) is 5.56 Å². The van der Waals surface area contributed by atoms with E-state index in [9.17, 15) is 42.6 Å². The van der Waals surface area contributed by atoms with Gasteiger partial charge in [0.05, 0.1) is 26.1 Å². The Bertz CT molecular complexity index is 2120. The van der Waals surface area contributed by atoms with Crippen molar-refractivity contribution in [2.75, 3.05) is 25.7 Å². The van der Waals surface area contributed by atoms with Crippen LogP contribution in [0.3, 0.4) is 0 Å². The number of alkyl halides is 2. The Hall–Kier alpha value is -4.89. The average molecular weight is 782 g/mol. The van der Waals surface area contributed by atoms with E-state index in [1.54, 1.807) is 18.2 Å². The van der Waals surface area contributed by atoms with Crippen molar-refractivity contribution in [3.63, 3.8) is 0 Å². The number of amides is 4. The molecule has 0 radical (unpaired) electrons. The molecular weight excluding hydrogens is 754 g/mol. The number of carbonyl (C=O) groups is 4. The lowest BCUT2D eigenvalue weighted by Gasteiger charge is -2.50. The molecule has 53 heavy (non-hydrogen) atoms. The van der Waals surface area contributed by atoms with Gasteiger partial charge in [0.25, 0.3) is 11.8 Å². The zero-order chi connectivity index (χ0) is 38.5. The van der Waals surface area contributed by atoms with Crippen LogP contribution in [0.5, 0.6) is 23.0 Å². The van der Waals surface area contributed by atoms with E-state index in [1.165, 1.54) is 38.5 Å². The Morgan fingerprint density at radius 2 is 1.38 bits per heavy atom. The van der Waals surface area contributed by atoms with Crippen molar-refractivity contribution < 1.29 is 60.8 Å². The van der Waals surface area contributed by atoms with Crippen LogP contribution in [0.2, 0.25) is 0 Å². The lowest BCUT2D eigenvalue weighted by molar-refractivity contribution is -0.140. The number of phenols is 2. The van der Waals surface area contributed by atoms with E-state index in [2.05, 4.69) is 0 Å². The monoisotopic (exact) mass is 780 g/mol. The highest BCUT2D eigenvalue weighted by Crippen LogP contribution is 2.66. The van der Waals surface area contributed by atoms with Crippen molar-refractivity contribution in [3.05, 3.63) is 88.3 Å². The Kier molecular flexibility index (Phi) is 8.68. The standard InChI is InChI=1S/C36H27Cl2F5N2O8/c1-52-20-11-15(12-21(53-2)30(20)47)23-17-7-8-18-22(32(49)44(31(18)48)10-9-14-3-5-16(46)6-4-14)19(17)13-35(37)33(50)45(34(51)36(23,35)38)29-27(42)25(40)24(39)26(41)28(29)43/h3-7,11-12,18-19,22-23,46-47H,8-10,13H2,1-2H3. The van der Waals surface area contributed by atoms with Gasteiger partial charge in [0.2, 0.25) is 23.4 Å². The number of ether oxygens (including phenoxy) is 2. The summed E-state index contributed by atoms with van der Waals surface area (Å²) in [6.07, 6.45) is 1.06. The van der Waals surface area contributed by atoms with E-state index < -0.39 is 104 Å². The fourth-order valence-electron chi connectivity index (χ4n) is 8.21. The highest BCUT2D eigenvalue weighted by Gasteiger charge is 2.77. The predicted molar refractivity (Wildman–Crippen MR) is 176 cm³/mol. The predicted octanol–water partition coefficient (Wildman–Crippen LogP) is 5.62. The van der Waals surface area contributed by atoms with Crippen molar-refractivity contribution in [1.82, 2.24) is 4.90 Å². The van der Waals surface area contributed by atoms with Crippen LogP contribution in [0.25, 0.3) is 0 Å². The highest BCUT2D eigenvalue weighted by atomic mass is 35.5. The summed E-state index contributed by atoms with van der Waals surface area (Å²) < 4.78 is 84.2. The Morgan fingerprint density at radius 3 is 1.94 bits per heavy atom. The van der Waals surface area contributed by atoms with Gasteiger partial charge in [0.15, 0.2) is 44.5 Å². The summed E-state index contributed by atoms with van der Waals surface area (Å²) in [6, 6.07) is 8.59. The summed E-state index contributed by atoms with van der Waals surface area (Å²) in [5.41, 5.74) is -0.977. The van der Waals surface area contributed by atoms with Gasteiger partial charge < -0.3 is 19.7 Å². The number of rotatable bonds is 7. The second kappa shape index (κ2) is 12.6. The lowest BCUT2D eigenvalue weighted by atomic mass is 9.56. The molecule has 2 heterocycles. The van der Waals surface area contributed by atoms with E-state index in [4.69, 9.17) is 32.7 Å². The third kappa shape index (κ3) is 4.95. The molecular formula is C36H27Cl2F5N2O8. The first-order chi connectivity index (χ1) is 25.0. The summed E-state index contributed by atoms with van der Waals surface area (Å²) in [7, 11) is 2.39. The molecule has 1 saturated carbocycles. The van der Waals surface area contributed by atoms with Crippen LogP contribution in [0.4, 0.5) is 27.6 Å². The summed E-state index contributed by atoms with van der Waals surface area (Å²) in [4.78, 5) is 52.1. The zero-order valence-corrected chi connectivity index (χ0v) is 29.1. The van der Waals surface area contributed by atoms with Gasteiger partial charge in [-0.3, -0.25) is 24.1 Å². The molecule has 17 heteroatoms. The highest BCUT2D eigenvalue weighted by molar-refractivity contribution is 6.58. The molecule has 3 aromatic rings. The first-order valence-electron chi connectivity index (χ1n) is 16.1. The van der Waals surface area contributed by atoms with Crippen LogP contribution < -0.4 is 14.4 Å². The number of carbonyl (C=O) groups excluding carboxylic acids is 4.